The van der Waals surface area contributed by atoms with Crippen molar-refractivity contribution >= 4 is 40.7 Å². The molecule has 1 aliphatic heterocycles. The predicted octanol–water partition coefficient (Wildman–Crippen LogP) is 2.49. The highest BCUT2D eigenvalue weighted by atomic mass is 35.5. The Kier molecular flexibility index (Phi) is 6.57. The number of piperazine rings is 1. The van der Waals surface area contributed by atoms with Crippen molar-refractivity contribution < 1.29 is 14.3 Å². The minimum absolute atomic E-state index is 0.0354. The lowest BCUT2D eigenvalue weighted by Gasteiger charge is -2.34. The third kappa shape index (κ3) is 4.45. The van der Waals surface area contributed by atoms with Crippen LogP contribution in [-0.2, 0) is 9.59 Å². The number of nitrogens with zero attached hydrogens (tertiary/aromatic N) is 2. The molecule has 6 nitrogen and oxygen atoms in total. The highest BCUT2D eigenvalue weighted by Crippen LogP contribution is 2.33. The molecule has 132 valence electrons. The summed E-state index contributed by atoms with van der Waals surface area (Å²) in [4.78, 5) is 27.5. The number of methoxy groups -OCH3 is 1. The summed E-state index contributed by atoms with van der Waals surface area (Å²) in [5.41, 5.74) is 0.611. The number of carbonyl (C=O) groups excluding carboxylic acids is 2. The maximum Gasteiger partial charge on any atom is 0.241 e. The second kappa shape index (κ2) is 8.44. The summed E-state index contributed by atoms with van der Waals surface area (Å²) in [5.74, 6) is 0.614. The van der Waals surface area contributed by atoms with Crippen molar-refractivity contribution in [2.24, 2.45) is 0 Å². The van der Waals surface area contributed by atoms with Gasteiger partial charge in [-0.2, -0.15) is 0 Å². The van der Waals surface area contributed by atoms with Crippen LogP contribution in [0.4, 0.5) is 5.69 Å². The van der Waals surface area contributed by atoms with Gasteiger partial charge in [-0.05, 0) is 6.07 Å². The van der Waals surface area contributed by atoms with Gasteiger partial charge < -0.3 is 19.9 Å². The van der Waals surface area contributed by atoms with Crippen LogP contribution in [-0.4, -0.2) is 61.4 Å². The van der Waals surface area contributed by atoms with E-state index in [1.807, 2.05) is 6.92 Å². The third-order valence-electron chi connectivity index (χ3n) is 3.96. The van der Waals surface area contributed by atoms with E-state index in [0.717, 1.165) is 0 Å². The normalized spacial score (nSPS) is 14.5. The van der Waals surface area contributed by atoms with Crippen molar-refractivity contribution in [1.82, 2.24) is 9.80 Å². The van der Waals surface area contributed by atoms with Gasteiger partial charge in [0.2, 0.25) is 11.8 Å². The van der Waals surface area contributed by atoms with Crippen molar-refractivity contribution in [2.75, 3.05) is 45.2 Å². The first-order valence-corrected chi connectivity index (χ1v) is 8.54. The maximum absolute atomic E-state index is 12.3. The lowest BCUT2D eigenvalue weighted by molar-refractivity contribution is -0.138. The molecule has 0 atom stereocenters. The summed E-state index contributed by atoms with van der Waals surface area (Å²) in [6, 6.07) is 3.24. The Morgan fingerprint density at radius 1 is 1.08 bits per heavy atom. The van der Waals surface area contributed by atoms with Gasteiger partial charge in [-0.25, -0.2) is 0 Å². The van der Waals surface area contributed by atoms with Crippen molar-refractivity contribution in [3.8, 4) is 5.75 Å². The van der Waals surface area contributed by atoms with E-state index < -0.39 is 0 Å². The lowest BCUT2D eigenvalue weighted by atomic mass is 10.2. The Bertz CT molecular complexity index is 617. The van der Waals surface area contributed by atoms with Gasteiger partial charge in [-0.15, -0.1) is 0 Å². The molecule has 24 heavy (non-hydrogen) atoms. The molecular formula is C16H21Cl2N3O3. The van der Waals surface area contributed by atoms with Crippen LogP contribution in [0.3, 0.4) is 0 Å². The number of carbonyl (C=O) groups is 2. The Balaban J connectivity index is 1.90. The molecule has 0 bridgehead atoms. The maximum atomic E-state index is 12.3. The topological polar surface area (TPSA) is 61.9 Å². The number of rotatable bonds is 5. The van der Waals surface area contributed by atoms with Gasteiger partial charge in [-0.3, -0.25) is 9.59 Å². The third-order valence-corrected chi connectivity index (χ3v) is 4.68. The summed E-state index contributed by atoms with van der Waals surface area (Å²) in [7, 11) is 1.52. The Morgan fingerprint density at radius 3 is 2.17 bits per heavy atom. The van der Waals surface area contributed by atoms with Gasteiger partial charge in [0.05, 0.1) is 29.4 Å². The van der Waals surface area contributed by atoms with E-state index in [1.54, 1.807) is 21.9 Å². The molecule has 8 heteroatoms. The number of ether oxygens (including phenoxy) is 1. The van der Waals surface area contributed by atoms with Gasteiger partial charge in [0, 0.05) is 38.7 Å². The molecule has 0 aromatic heterocycles. The predicted molar refractivity (Wildman–Crippen MR) is 95.0 cm³/mol. The SMILES string of the molecule is CCC(=O)N1CCN(C(=O)CNc2cc(Cl)c(Cl)cc2OC)CC1. The molecule has 1 aliphatic rings. The first-order chi connectivity index (χ1) is 11.5. The Labute approximate surface area is 151 Å². The molecule has 2 amide bonds. The average Bonchev–Trinajstić information content (AvgIpc) is 2.61. The largest absolute Gasteiger partial charge is 0.495 e. The van der Waals surface area contributed by atoms with Crippen LogP contribution in [0.2, 0.25) is 10.0 Å². The van der Waals surface area contributed by atoms with Crippen LogP contribution in [0.5, 0.6) is 5.75 Å². The van der Waals surface area contributed by atoms with Crippen molar-refractivity contribution in [1.29, 1.82) is 0 Å². The molecule has 1 aromatic rings. The molecule has 0 radical (unpaired) electrons. The first-order valence-electron chi connectivity index (χ1n) is 7.78. The standard InChI is InChI=1S/C16H21Cl2N3O3/c1-3-15(22)20-4-6-21(7-5-20)16(23)10-19-13-8-11(17)12(18)9-14(13)24-2/h8-9,19H,3-7,10H2,1-2H3. The average molecular weight is 374 g/mol. The Hall–Kier alpha value is -1.66. The minimum Gasteiger partial charge on any atom is -0.495 e. The fourth-order valence-corrected chi connectivity index (χ4v) is 2.86. The molecular weight excluding hydrogens is 353 g/mol. The van der Waals surface area contributed by atoms with Crippen LogP contribution >= 0.6 is 23.2 Å². The molecule has 1 fully saturated rings. The smallest absolute Gasteiger partial charge is 0.241 e. The van der Waals surface area contributed by atoms with E-state index in [2.05, 4.69) is 5.32 Å². The van der Waals surface area contributed by atoms with Crippen LogP contribution in [0, 0.1) is 0 Å². The number of amides is 2. The number of halogens is 2. The summed E-state index contributed by atoms with van der Waals surface area (Å²) >= 11 is 12.0. The minimum atomic E-state index is -0.0354. The molecule has 2 rings (SSSR count). The molecule has 1 aromatic carbocycles. The summed E-state index contributed by atoms with van der Waals surface area (Å²) < 4.78 is 5.24. The van der Waals surface area contributed by atoms with Crippen LogP contribution < -0.4 is 10.1 Å². The van der Waals surface area contributed by atoms with E-state index in [4.69, 9.17) is 27.9 Å². The second-order valence-electron chi connectivity index (χ2n) is 5.44. The van der Waals surface area contributed by atoms with Gasteiger partial charge in [0.25, 0.3) is 0 Å². The number of hydrogen-bond donors (Lipinski definition) is 1. The quantitative estimate of drug-likeness (QED) is 0.860. The van der Waals surface area contributed by atoms with Crippen LogP contribution in [0.1, 0.15) is 13.3 Å². The number of anilines is 1. The second-order valence-corrected chi connectivity index (χ2v) is 6.25. The fraction of sp³-hybridized carbons (Fsp3) is 0.500. The molecule has 0 spiro atoms. The summed E-state index contributed by atoms with van der Waals surface area (Å²) in [6.07, 6.45) is 0.493. The highest BCUT2D eigenvalue weighted by Gasteiger charge is 2.23. The van der Waals surface area contributed by atoms with Crippen LogP contribution in [0.15, 0.2) is 12.1 Å². The zero-order valence-electron chi connectivity index (χ0n) is 13.8. The highest BCUT2D eigenvalue weighted by molar-refractivity contribution is 6.42. The fourth-order valence-electron chi connectivity index (χ4n) is 2.55. The van der Waals surface area contributed by atoms with Gasteiger partial charge >= 0.3 is 0 Å². The van der Waals surface area contributed by atoms with Gasteiger partial charge in [0.1, 0.15) is 5.75 Å². The van der Waals surface area contributed by atoms with Gasteiger partial charge in [-0.1, -0.05) is 30.1 Å². The summed E-state index contributed by atoms with van der Waals surface area (Å²) in [5, 5.41) is 3.81. The first kappa shape index (κ1) is 18.7. The van der Waals surface area contributed by atoms with Crippen LogP contribution in [0.25, 0.3) is 0 Å². The number of nitrogens with one attached hydrogen (secondary N) is 1. The molecule has 1 heterocycles. The number of benzene rings is 1. The van der Waals surface area contributed by atoms with Gasteiger partial charge in [0.15, 0.2) is 0 Å². The van der Waals surface area contributed by atoms with Crippen molar-refractivity contribution in [3.05, 3.63) is 22.2 Å². The van der Waals surface area contributed by atoms with E-state index in [9.17, 15) is 9.59 Å². The Morgan fingerprint density at radius 2 is 1.62 bits per heavy atom. The molecule has 1 N–H and O–H groups in total. The van der Waals surface area contributed by atoms with E-state index in [-0.39, 0.29) is 18.4 Å². The molecule has 0 saturated carbocycles. The zero-order chi connectivity index (χ0) is 17.7. The van der Waals surface area contributed by atoms with E-state index >= 15 is 0 Å². The summed E-state index contributed by atoms with van der Waals surface area (Å²) in [6.45, 7) is 4.21. The monoisotopic (exact) mass is 373 g/mol. The molecule has 0 unspecified atom stereocenters. The lowest BCUT2D eigenvalue weighted by Crippen LogP contribution is -2.51. The molecule has 0 aliphatic carbocycles. The zero-order valence-corrected chi connectivity index (χ0v) is 15.3. The van der Waals surface area contributed by atoms with Crippen molar-refractivity contribution in [3.63, 3.8) is 0 Å². The molecule has 1 saturated heterocycles. The van der Waals surface area contributed by atoms with Crippen molar-refractivity contribution in [2.45, 2.75) is 13.3 Å². The number of hydrogen-bond acceptors (Lipinski definition) is 4. The van der Waals surface area contributed by atoms with E-state index in [1.165, 1.54) is 7.11 Å². The van der Waals surface area contributed by atoms with E-state index in [0.29, 0.717) is 54.1 Å².